The molecule has 1 heterocycles. The maximum absolute atomic E-state index is 14.6. The number of aliphatic carboxylic acids is 1. The van der Waals surface area contributed by atoms with Gasteiger partial charge in [-0.05, 0) is 79.1 Å². The number of urea groups is 2. The molecule has 14 heteroatoms. The Morgan fingerprint density at radius 1 is 0.889 bits per heavy atom. The van der Waals surface area contributed by atoms with Crippen molar-refractivity contribution in [2.75, 3.05) is 24.9 Å². The topological polar surface area (TPSA) is 169 Å². The van der Waals surface area contributed by atoms with Gasteiger partial charge in [-0.1, -0.05) is 69.5 Å². The van der Waals surface area contributed by atoms with Crippen LogP contribution in [0, 0.1) is 12.8 Å². The number of hydrogen-bond donors (Lipinski definition) is 3. The molecule has 54 heavy (non-hydrogen) atoms. The molecule has 1 aliphatic heterocycles. The second-order valence-electron chi connectivity index (χ2n) is 14.1. The number of carbonyl (C=O) groups excluding carboxylic acids is 5. The van der Waals surface area contributed by atoms with E-state index < -0.39 is 53.9 Å². The number of carbonyl (C=O) groups is 5. The number of nitrogens with zero attached hydrogens (tertiary/aromatic N) is 2. The number of ether oxygens (including phenoxy) is 2. The molecule has 13 nitrogen and oxygen atoms in total. The monoisotopic (exact) mass is 749 g/mol. The Hall–Kier alpha value is -4.59. The summed E-state index contributed by atoms with van der Waals surface area (Å²) in [5.41, 5.74) is 2.22. The van der Waals surface area contributed by atoms with Crippen molar-refractivity contribution in [1.29, 1.82) is 0 Å². The molecule has 3 N–H and O–H groups in total. The van der Waals surface area contributed by atoms with Gasteiger partial charge in [0, 0.05) is 30.3 Å². The molecule has 2 atom stereocenters. The van der Waals surface area contributed by atoms with Crippen LogP contribution in [0.25, 0.3) is 0 Å². The molecule has 0 bridgehead atoms. The van der Waals surface area contributed by atoms with Gasteiger partial charge in [0.1, 0.15) is 11.6 Å². The average molecular weight is 750 g/mol. The molecule has 0 unspecified atom stereocenters. The number of imide groups is 1. The van der Waals surface area contributed by atoms with E-state index in [0.29, 0.717) is 41.3 Å². The van der Waals surface area contributed by atoms with Gasteiger partial charge in [-0.15, -0.1) is 0 Å². The van der Waals surface area contributed by atoms with E-state index in [2.05, 4.69) is 16.0 Å². The normalized spacial score (nSPS) is 16.0. The van der Waals surface area contributed by atoms with Crippen molar-refractivity contribution in [2.24, 2.45) is 5.92 Å². The predicted octanol–water partition coefficient (Wildman–Crippen LogP) is 2.54. The van der Waals surface area contributed by atoms with Crippen LogP contribution in [0.5, 0.6) is 11.5 Å². The number of rotatable bonds is 14. The third-order valence-corrected chi connectivity index (χ3v) is 10.0. The van der Waals surface area contributed by atoms with Crippen LogP contribution in [0.4, 0.5) is 21.0 Å². The zero-order valence-electron chi connectivity index (χ0n) is 31.9. The number of benzene rings is 3. The van der Waals surface area contributed by atoms with E-state index in [4.69, 9.17) is 9.47 Å². The van der Waals surface area contributed by atoms with Gasteiger partial charge in [0.15, 0.2) is 11.5 Å². The van der Waals surface area contributed by atoms with Gasteiger partial charge in [-0.25, -0.2) is 14.5 Å². The van der Waals surface area contributed by atoms with Crippen molar-refractivity contribution in [1.82, 2.24) is 15.1 Å². The summed E-state index contributed by atoms with van der Waals surface area (Å²) in [6.45, 7) is 5.80. The fourth-order valence-corrected chi connectivity index (χ4v) is 7.26. The third kappa shape index (κ3) is 9.55. The number of carboxylic acids is 1. The van der Waals surface area contributed by atoms with Gasteiger partial charge in [0.05, 0.1) is 20.3 Å². The van der Waals surface area contributed by atoms with E-state index in [0.717, 1.165) is 35.3 Å². The number of para-hydroxylation sites is 1. The molecule has 2 fully saturated rings. The Bertz CT molecular complexity index is 1830. The maximum atomic E-state index is 14.6. The molecule has 0 radical (unpaired) electrons. The summed E-state index contributed by atoms with van der Waals surface area (Å²) in [4.78, 5) is 70.5. The van der Waals surface area contributed by atoms with Crippen molar-refractivity contribution in [3.05, 3.63) is 83.4 Å². The minimum atomic E-state index is -1.39. The second kappa shape index (κ2) is 18.6. The molecule has 6 amide bonds. The first-order valence-corrected chi connectivity index (χ1v) is 18.0. The number of hydrogen-bond acceptors (Lipinski definition) is 8. The minimum absolute atomic E-state index is 0. The average Bonchev–Trinajstić information content (AvgIpc) is 3.32. The van der Waals surface area contributed by atoms with Crippen molar-refractivity contribution in [2.45, 2.75) is 89.9 Å². The first-order chi connectivity index (χ1) is 25.4. The largest absolute Gasteiger partial charge is 1.00 e. The van der Waals surface area contributed by atoms with E-state index >= 15 is 0 Å². The molecule has 3 aromatic carbocycles. The first-order valence-electron chi connectivity index (χ1n) is 18.0. The quantitative estimate of drug-likeness (QED) is 0.167. The summed E-state index contributed by atoms with van der Waals surface area (Å²) in [6, 6.07) is 16.1. The second-order valence-corrected chi connectivity index (χ2v) is 14.1. The summed E-state index contributed by atoms with van der Waals surface area (Å²) in [5, 5.41) is 20.3. The number of aryl methyl sites for hydroxylation is 1. The number of carboxylic acid groups (broad SMARTS) is 1. The zero-order chi connectivity index (χ0) is 38.3. The molecule has 5 rings (SSSR count). The van der Waals surface area contributed by atoms with E-state index in [1.807, 2.05) is 45.0 Å². The van der Waals surface area contributed by atoms with E-state index in [-0.39, 0.29) is 48.4 Å². The van der Waals surface area contributed by atoms with Crippen molar-refractivity contribution in [3.8, 4) is 11.5 Å². The summed E-state index contributed by atoms with van der Waals surface area (Å²) < 4.78 is 10.7. The summed E-state index contributed by atoms with van der Waals surface area (Å²) in [7, 11) is 2.92. The van der Waals surface area contributed by atoms with Gasteiger partial charge in [-0.3, -0.25) is 9.59 Å². The Balaban J connectivity index is 0.00000650. The first kappa shape index (κ1) is 42.2. The SMILES string of the molecule is COc1ccc([C@H](CC(=O)[O-])NC(=O)[C@H](CC(C)C)N2C(=O)N(Cc3ccc(NC(=O)Nc4ccccc4C)cc3)C3(CCCCC3)C2=O)cc1OC.[Na+]. The maximum Gasteiger partial charge on any atom is 1.00 e. The zero-order valence-corrected chi connectivity index (χ0v) is 33.9. The Labute approximate surface area is 338 Å². The molecular formula is C40H48N5NaO8. The minimum Gasteiger partial charge on any atom is -0.550 e. The summed E-state index contributed by atoms with van der Waals surface area (Å²) in [6.07, 6.45) is 2.96. The van der Waals surface area contributed by atoms with Gasteiger partial charge >= 0.3 is 41.6 Å². The van der Waals surface area contributed by atoms with E-state index in [1.165, 1.54) is 14.2 Å². The molecule has 1 spiro atoms. The van der Waals surface area contributed by atoms with Crippen LogP contribution in [-0.2, 0) is 20.9 Å². The van der Waals surface area contributed by atoms with Gasteiger partial charge in [0.25, 0.3) is 5.91 Å². The molecule has 1 saturated carbocycles. The van der Waals surface area contributed by atoms with E-state index in [1.54, 1.807) is 47.4 Å². The van der Waals surface area contributed by atoms with Gasteiger partial charge in [0.2, 0.25) is 5.91 Å². The molecule has 3 aromatic rings. The van der Waals surface area contributed by atoms with Crippen LogP contribution < -0.4 is 60.1 Å². The van der Waals surface area contributed by atoms with Gasteiger partial charge < -0.3 is 40.2 Å². The Morgan fingerprint density at radius 3 is 2.17 bits per heavy atom. The molecule has 2 aliphatic rings. The number of amides is 6. The van der Waals surface area contributed by atoms with Crippen LogP contribution >= 0.6 is 0 Å². The molecular weight excluding hydrogens is 701 g/mol. The van der Waals surface area contributed by atoms with E-state index in [9.17, 15) is 29.1 Å². The van der Waals surface area contributed by atoms with Crippen LogP contribution in [0.15, 0.2) is 66.7 Å². The molecule has 1 aliphatic carbocycles. The van der Waals surface area contributed by atoms with Crippen molar-refractivity contribution in [3.63, 3.8) is 0 Å². The standard InChI is InChI=1S/C40H49N5O8.Na/c1-25(2)21-32(36(48)42-31(23-35(46)47)28-15-18-33(52-4)34(22-28)53-5)45-37(49)40(19-9-6-10-20-40)44(39(45)51)24-27-13-16-29(17-14-27)41-38(50)43-30-12-8-7-11-26(30)3;/h7-8,11-18,22,25,31-32H,6,9-10,19-21,23-24H2,1-5H3,(H,42,48)(H,46,47)(H2,41,43,50);/q;+1/p-1/t31-,32-;/m0./s1. The molecule has 1 saturated heterocycles. The van der Waals surface area contributed by atoms with Crippen molar-refractivity contribution < 1.29 is 68.1 Å². The van der Waals surface area contributed by atoms with Crippen LogP contribution in [0.2, 0.25) is 0 Å². The number of anilines is 2. The van der Waals surface area contributed by atoms with Crippen molar-refractivity contribution >= 4 is 41.2 Å². The summed E-state index contributed by atoms with van der Waals surface area (Å²) >= 11 is 0. The molecule has 0 aromatic heterocycles. The fourth-order valence-electron chi connectivity index (χ4n) is 7.26. The fraction of sp³-hybridized carbons (Fsp3) is 0.425. The Kier molecular flexibility index (Phi) is 14.5. The third-order valence-electron chi connectivity index (χ3n) is 10.0. The van der Waals surface area contributed by atoms with Crippen LogP contribution in [-0.4, -0.2) is 65.4 Å². The van der Waals surface area contributed by atoms with Gasteiger partial charge in [-0.2, -0.15) is 0 Å². The Morgan fingerprint density at radius 2 is 1.56 bits per heavy atom. The smallest absolute Gasteiger partial charge is 0.550 e. The number of methoxy groups -OCH3 is 2. The summed E-state index contributed by atoms with van der Waals surface area (Å²) in [5.74, 6) is -1.78. The van der Waals surface area contributed by atoms with Crippen LogP contribution in [0.3, 0.4) is 0 Å². The predicted molar refractivity (Wildman–Crippen MR) is 197 cm³/mol. The number of nitrogens with one attached hydrogen (secondary N) is 3. The van der Waals surface area contributed by atoms with Crippen LogP contribution in [0.1, 0.15) is 81.5 Å². The molecule has 282 valence electrons.